The molecular formula is C23H38O3. The monoisotopic (exact) mass is 362 g/mol. The molecule has 0 aliphatic heterocycles. The molecular weight excluding hydrogens is 324 g/mol. The Bertz CT molecular complexity index is 558. The van der Waals surface area contributed by atoms with E-state index in [9.17, 15) is 5.11 Å². The Morgan fingerprint density at radius 2 is 1.96 bits per heavy atom. The van der Waals surface area contributed by atoms with Gasteiger partial charge in [-0.1, -0.05) is 25.5 Å². The summed E-state index contributed by atoms with van der Waals surface area (Å²) in [6.07, 6.45) is 12.0. The molecule has 4 aliphatic rings. The highest BCUT2D eigenvalue weighted by Gasteiger charge is 2.60. The summed E-state index contributed by atoms with van der Waals surface area (Å²) >= 11 is 0. The van der Waals surface area contributed by atoms with Gasteiger partial charge >= 0.3 is 0 Å². The van der Waals surface area contributed by atoms with E-state index in [0.29, 0.717) is 18.1 Å². The predicted molar refractivity (Wildman–Crippen MR) is 104 cm³/mol. The molecule has 0 radical (unpaired) electrons. The second-order valence-electron chi connectivity index (χ2n) is 10.1. The maximum absolute atomic E-state index is 10.8. The molecule has 4 aliphatic carbocycles. The van der Waals surface area contributed by atoms with Gasteiger partial charge in [-0.05, 0) is 92.8 Å². The lowest BCUT2D eigenvalue weighted by atomic mass is 9.44. The minimum atomic E-state index is -0.340. The zero-order chi connectivity index (χ0) is 18.5. The summed E-state index contributed by atoms with van der Waals surface area (Å²) < 4.78 is 10.9. The molecule has 0 aromatic heterocycles. The highest BCUT2D eigenvalue weighted by Crippen LogP contribution is 2.67. The van der Waals surface area contributed by atoms with Crippen molar-refractivity contribution >= 4 is 0 Å². The van der Waals surface area contributed by atoms with Crippen LogP contribution in [-0.2, 0) is 9.47 Å². The highest BCUT2D eigenvalue weighted by atomic mass is 16.7. The van der Waals surface area contributed by atoms with Gasteiger partial charge < -0.3 is 14.6 Å². The normalized spacial score (nSPS) is 52.4. The first-order valence-electron chi connectivity index (χ1n) is 10.9. The van der Waals surface area contributed by atoms with Crippen LogP contribution in [0.1, 0.15) is 72.1 Å². The second-order valence-corrected chi connectivity index (χ2v) is 10.1. The van der Waals surface area contributed by atoms with Gasteiger partial charge in [0.2, 0.25) is 0 Å². The number of ether oxygens (including phenoxy) is 2. The van der Waals surface area contributed by atoms with Crippen molar-refractivity contribution < 1.29 is 14.6 Å². The van der Waals surface area contributed by atoms with E-state index >= 15 is 0 Å². The van der Waals surface area contributed by atoms with Crippen LogP contribution in [-0.4, -0.2) is 31.2 Å². The number of rotatable bonds is 3. The average molecular weight is 363 g/mol. The van der Waals surface area contributed by atoms with Gasteiger partial charge in [-0.3, -0.25) is 0 Å². The highest BCUT2D eigenvalue weighted by molar-refractivity contribution is 5.23. The lowest BCUT2D eigenvalue weighted by Crippen LogP contribution is -2.56. The van der Waals surface area contributed by atoms with Crippen molar-refractivity contribution in [3.8, 4) is 0 Å². The zero-order valence-corrected chi connectivity index (χ0v) is 17.2. The Kier molecular flexibility index (Phi) is 5.03. The van der Waals surface area contributed by atoms with Crippen molar-refractivity contribution in [3.63, 3.8) is 0 Å². The molecule has 3 heteroatoms. The Balaban J connectivity index is 1.55. The van der Waals surface area contributed by atoms with Gasteiger partial charge in [0.15, 0.2) is 0 Å². The van der Waals surface area contributed by atoms with Crippen molar-refractivity contribution in [1.29, 1.82) is 0 Å². The fourth-order valence-corrected chi connectivity index (χ4v) is 7.92. The molecule has 148 valence electrons. The standard InChI is InChI=1S/C23H38O3/c1-5-15-7-9-18-17-8-6-16-12-21(26-14-25-4)20(24)13-23(16,3)19(17)10-11-22(15,18)2/h5,16-21,24H,6-14H2,1-4H3/b15-5+/t16-,17-,18-,19-,20-,21-,22+,23-/m0/s1. The van der Waals surface area contributed by atoms with Crippen LogP contribution in [0.15, 0.2) is 11.6 Å². The molecule has 0 bridgehead atoms. The molecule has 0 aromatic carbocycles. The minimum absolute atomic E-state index is 0.0421. The molecule has 4 rings (SSSR count). The molecule has 26 heavy (non-hydrogen) atoms. The van der Waals surface area contributed by atoms with Gasteiger partial charge in [0.05, 0.1) is 12.2 Å². The minimum Gasteiger partial charge on any atom is -0.390 e. The molecule has 3 nitrogen and oxygen atoms in total. The quantitative estimate of drug-likeness (QED) is 0.571. The van der Waals surface area contributed by atoms with Gasteiger partial charge in [0.25, 0.3) is 0 Å². The SMILES string of the molecule is C/C=C1\CC[C@H]2[C@@H]3CC[C@H]4C[C@H](OCOC)[C@@H](O)C[C@]4(C)[C@H]3CC[C@]12C. The van der Waals surface area contributed by atoms with Gasteiger partial charge in [-0.15, -0.1) is 0 Å². The fourth-order valence-electron chi connectivity index (χ4n) is 7.92. The summed E-state index contributed by atoms with van der Waals surface area (Å²) in [6.45, 7) is 7.59. The Morgan fingerprint density at radius 3 is 2.69 bits per heavy atom. The molecule has 4 fully saturated rings. The molecule has 0 aromatic rings. The Labute approximate surface area is 159 Å². The van der Waals surface area contributed by atoms with Crippen LogP contribution in [0.25, 0.3) is 0 Å². The molecule has 8 atom stereocenters. The maximum atomic E-state index is 10.8. The van der Waals surface area contributed by atoms with Crippen LogP contribution in [0.5, 0.6) is 0 Å². The van der Waals surface area contributed by atoms with E-state index in [1.807, 2.05) is 0 Å². The van der Waals surface area contributed by atoms with E-state index in [1.54, 1.807) is 12.7 Å². The van der Waals surface area contributed by atoms with E-state index in [1.165, 1.54) is 38.5 Å². The van der Waals surface area contributed by atoms with Crippen molar-refractivity contribution in [3.05, 3.63) is 11.6 Å². The van der Waals surface area contributed by atoms with Crippen molar-refractivity contribution in [1.82, 2.24) is 0 Å². The van der Waals surface area contributed by atoms with Crippen molar-refractivity contribution in [2.45, 2.75) is 84.3 Å². The van der Waals surface area contributed by atoms with E-state index in [4.69, 9.17) is 9.47 Å². The third-order valence-corrected chi connectivity index (χ3v) is 9.26. The molecule has 0 amide bonds. The second kappa shape index (κ2) is 6.90. The number of allylic oxidation sites excluding steroid dienone is 2. The zero-order valence-electron chi connectivity index (χ0n) is 17.2. The summed E-state index contributed by atoms with van der Waals surface area (Å²) in [6, 6.07) is 0. The number of fused-ring (bicyclic) bond motifs is 5. The van der Waals surface area contributed by atoms with Gasteiger partial charge in [-0.25, -0.2) is 0 Å². The molecule has 1 N–H and O–H groups in total. The van der Waals surface area contributed by atoms with Crippen LogP contribution >= 0.6 is 0 Å². The smallest absolute Gasteiger partial charge is 0.146 e. The van der Waals surface area contributed by atoms with Gasteiger partial charge in [0, 0.05) is 7.11 Å². The van der Waals surface area contributed by atoms with Crippen LogP contribution in [0.4, 0.5) is 0 Å². The Hall–Kier alpha value is -0.380. The number of aliphatic hydroxyl groups excluding tert-OH is 1. The summed E-state index contributed by atoms with van der Waals surface area (Å²) in [5.74, 6) is 3.20. The third-order valence-electron chi connectivity index (χ3n) is 9.26. The molecule has 0 saturated heterocycles. The van der Waals surface area contributed by atoms with E-state index in [-0.39, 0.29) is 17.6 Å². The van der Waals surface area contributed by atoms with Crippen molar-refractivity contribution in [2.24, 2.45) is 34.5 Å². The topological polar surface area (TPSA) is 38.7 Å². The van der Waals surface area contributed by atoms with Gasteiger partial charge in [0.1, 0.15) is 6.79 Å². The predicted octanol–water partition coefficient (Wildman–Crippen LogP) is 4.94. The number of aliphatic hydroxyl groups is 1. The number of hydrogen-bond acceptors (Lipinski definition) is 3. The largest absolute Gasteiger partial charge is 0.390 e. The summed E-state index contributed by atoms with van der Waals surface area (Å²) in [7, 11) is 1.66. The summed E-state index contributed by atoms with van der Waals surface area (Å²) in [5, 5.41) is 10.8. The molecule has 0 spiro atoms. The lowest BCUT2D eigenvalue weighted by Gasteiger charge is -2.61. The fraction of sp³-hybridized carbons (Fsp3) is 0.913. The van der Waals surface area contributed by atoms with Crippen LogP contribution < -0.4 is 0 Å². The third kappa shape index (κ3) is 2.72. The molecule has 0 unspecified atom stereocenters. The van der Waals surface area contributed by atoms with Crippen LogP contribution in [0.2, 0.25) is 0 Å². The first-order valence-corrected chi connectivity index (χ1v) is 10.9. The maximum Gasteiger partial charge on any atom is 0.146 e. The first-order chi connectivity index (χ1) is 12.4. The summed E-state index contributed by atoms with van der Waals surface area (Å²) in [4.78, 5) is 0. The Morgan fingerprint density at radius 1 is 1.15 bits per heavy atom. The number of methoxy groups -OCH3 is 1. The van der Waals surface area contributed by atoms with Gasteiger partial charge in [-0.2, -0.15) is 0 Å². The first kappa shape index (κ1) is 19.0. The van der Waals surface area contributed by atoms with E-state index in [0.717, 1.165) is 30.6 Å². The van der Waals surface area contributed by atoms with Crippen molar-refractivity contribution in [2.75, 3.05) is 13.9 Å². The summed E-state index contributed by atoms with van der Waals surface area (Å²) in [5.41, 5.74) is 2.47. The molecule has 4 saturated carbocycles. The van der Waals surface area contributed by atoms with E-state index in [2.05, 4.69) is 26.8 Å². The molecule has 0 heterocycles. The van der Waals surface area contributed by atoms with Crippen LogP contribution in [0.3, 0.4) is 0 Å². The average Bonchev–Trinajstić information content (AvgIpc) is 2.96. The lowest BCUT2D eigenvalue weighted by molar-refractivity contribution is -0.187. The number of hydrogen-bond donors (Lipinski definition) is 1. The van der Waals surface area contributed by atoms with Crippen LogP contribution in [0, 0.1) is 34.5 Å². The van der Waals surface area contributed by atoms with E-state index < -0.39 is 0 Å².